The van der Waals surface area contributed by atoms with Gasteiger partial charge < -0.3 is 5.11 Å². The number of aromatic nitrogens is 2. The normalized spacial score (nSPS) is 16.4. The third-order valence-corrected chi connectivity index (χ3v) is 7.90. The molecule has 0 aliphatic carbocycles. The molecule has 2 aromatic rings. The van der Waals surface area contributed by atoms with E-state index in [9.17, 15) is 14.1 Å². The Balaban J connectivity index is 2.12. The second-order valence-electron chi connectivity index (χ2n) is 6.15. The minimum atomic E-state index is -2.36. The molecule has 0 amide bonds. The summed E-state index contributed by atoms with van der Waals surface area (Å²) in [6.45, 7) is 0. The second-order valence-corrected chi connectivity index (χ2v) is 9.92. The molecule has 0 saturated carbocycles. The number of halogens is 1. The fraction of sp³-hybridized carbons (Fsp3) is 0.412. The fourth-order valence-electron chi connectivity index (χ4n) is 2.90. The van der Waals surface area contributed by atoms with Crippen LogP contribution in [0.2, 0.25) is 5.02 Å². The van der Waals surface area contributed by atoms with E-state index in [-0.39, 0.29) is 22.0 Å². The Labute approximate surface area is 162 Å². The van der Waals surface area contributed by atoms with Crippen molar-refractivity contribution >= 4 is 44.6 Å². The summed E-state index contributed by atoms with van der Waals surface area (Å²) in [5.74, 6) is 0.442. The maximum atomic E-state index is 13.0. The van der Waals surface area contributed by atoms with Crippen LogP contribution in [0.1, 0.15) is 35.2 Å². The van der Waals surface area contributed by atoms with Crippen LogP contribution in [-0.2, 0) is 16.8 Å². The van der Waals surface area contributed by atoms with Crippen molar-refractivity contribution in [2.45, 2.75) is 24.2 Å². The first-order valence-corrected chi connectivity index (χ1v) is 11.7. The van der Waals surface area contributed by atoms with Crippen LogP contribution in [0.4, 0.5) is 5.69 Å². The Hall–Kier alpha value is -1.51. The molecule has 140 valence electrons. The number of aromatic hydroxyl groups is 1. The molecule has 1 aliphatic rings. The molecule has 1 fully saturated rings. The van der Waals surface area contributed by atoms with Gasteiger partial charge in [0.15, 0.2) is 0 Å². The summed E-state index contributed by atoms with van der Waals surface area (Å²) in [5, 5.41) is 14.0. The van der Waals surface area contributed by atoms with Gasteiger partial charge in [-0.15, -0.1) is 11.8 Å². The molecule has 0 atom stereocenters. The summed E-state index contributed by atoms with van der Waals surface area (Å²) < 4.78 is 18.8. The minimum Gasteiger partial charge on any atom is -0.493 e. The van der Waals surface area contributed by atoms with Gasteiger partial charge in [0, 0.05) is 29.0 Å². The van der Waals surface area contributed by atoms with Crippen molar-refractivity contribution in [1.29, 1.82) is 0 Å². The van der Waals surface area contributed by atoms with Crippen molar-refractivity contribution in [2.75, 3.05) is 17.8 Å². The Morgan fingerprint density at radius 1 is 1.31 bits per heavy atom. The van der Waals surface area contributed by atoms with Crippen LogP contribution in [0, 0.1) is 0 Å². The van der Waals surface area contributed by atoms with E-state index in [4.69, 9.17) is 11.6 Å². The maximum absolute atomic E-state index is 13.0. The van der Waals surface area contributed by atoms with E-state index in [2.05, 4.69) is 9.46 Å². The summed E-state index contributed by atoms with van der Waals surface area (Å²) in [6, 6.07) is 3.36. The molecular weight excluding hydrogens is 394 g/mol. The Bertz CT molecular complexity index is 966. The first kappa shape index (κ1) is 19.3. The molecule has 0 radical (unpaired) electrons. The largest absolute Gasteiger partial charge is 0.493 e. The van der Waals surface area contributed by atoms with Crippen molar-refractivity contribution in [1.82, 2.24) is 9.78 Å². The zero-order valence-electron chi connectivity index (χ0n) is 14.6. The molecular formula is C17H20ClN3O3S2. The minimum absolute atomic E-state index is 0.0686. The molecule has 1 N–H and O–H groups in total. The molecule has 1 aromatic carbocycles. The lowest BCUT2D eigenvalue weighted by Gasteiger charge is -2.17. The van der Waals surface area contributed by atoms with Crippen LogP contribution in [0.15, 0.2) is 27.6 Å². The number of ketones is 1. The van der Waals surface area contributed by atoms with Crippen molar-refractivity contribution < 1.29 is 14.1 Å². The van der Waals surface area contributed by atoms with E-state index in [1.807, 2.05) is 6.26 Å². The number of carbonyl (C=O) groups excluding carboxylic acids is 1. The van der Waals surface area contributed by atoms with Crippen LogP contribution in [-0.4, -0.2) is 42.6 Å². The monoisotopic (exact) mass is 413 g/mol. The van der Waals surface area contributed by atoms with Crippen molar-refractivity contribution in [3.8, 4) is 5.88 Å². The van der Waals surface area contributed by atoms with Gasteiger partial charge in [-0.05, 0) is 31.2 Å². The van der Waals surface area contributed by atoms with Crippen molar-refractivity contribution in [3.05, 3.63) is 34.5 Å². The number of benzene rings is 1. The van der Waals surface area contributed by atoms with Gasteiger partial charge in [0.1, 0.15) is 11.3 Å². The third kappa shape index (κ3) is 3.63. The van der Waals surface area contributed by atoms with E-state index in [0.717, 1.165) is 24.2 Å². The Morgan fingerprint density at radius 3 is 2.58 bits per heavy atom. The number of hydrogen-bond acceptors (Lipinski definition) is 6. The van der Waals surface area contributed by atoms with Crippen LogP contribution in [0.5, 0.6) is 5.88 Å². The van der Waals surface area contributed by atoms with Crippen LogP contribution >= 0.6 is 23.4 Å². The third-order valence-electron chi connectivity index (χ3n) is 4.38. The first-order valence-electron chi connectivity index (χ1n) is 8.21. The van der Waals surface area contributed by atoms with Gasteiger partial charge in [0.05, 0.1) is 20.9 Å². The number of nitrogens with zero attached hydrogens (tertiary/aromatic N) is 3. The molecule has 1 aromatic heterocycles. The Morgan fingerprint density at radius 2 is 2.00 bits per heavy atom. The standard InChI is InChI=1S/C17H20ClN3O3S2/c1-21-17(23)12(10-19-21)16(22)11-6-7-13(25-2)15(14(11)18)20-26(24)8-4-3-5-9-26/h6-7,10,23H,3-5,8-9H2,1-2H3. The summed E-state index contributed by atoms with van der Waals surface area (Å²) >= 11 is 7.95. The van der Waals surface area contributed by atoms with Crippen molar-refractivity contribution in [3.63, 3.8) is 0 Å². The lowest BCUT2D eigenvalue weighted by molar-refractivity contribution is 0.103. The number of hydrogen-bond donors (Lipinski definition) is 1. The van der Waals surface area contributed by atoms with Gasteiger partial charge >= 0.3 is 0 Å². The highest BCUT2D eigenvalue weighted by atomic mass is 35.5. The highest BCUT2D eigenvalue weighted by Gasteiger charge is 2.24. The number of aryl methyl sites for hydroxylation is 1. The topological polar surface area (TPSA) is 84.6 Å². The molecule has 2 heterocycles. The number of rotatable bonds is 4. The summed E-state index contributed by atoms with van der Waals surface area (Å²) in [7, 11) is -0.819. The number of carbonyl (C=O) groups is 1. The Kier molecular flexibility index (Phi) is 5.64. The molecule has 1 saturated heterocycles. The second kappa shape index (κ2) is 7.62. The summed E-state index contributed by atoms with van der Waals surface area (Å²) in [5.41, 5.74) is 0.685. The van der Waals surface area contributed by atoms with Gasteiger partial charge in [0.2, 0.25) is 11.7 Å². The molecule has 1 aliphatic heterocycles. The van der Waals surface area contributed by atoms with Gasteiger partial charge in [-0.3, -0.25) is 4.79 Å². The molecule has 26 heavy (non-hydrogen) atoms. The average molecular weight is 414 g/mol. The molecule has 0 unspecified atom stereocenters. The molecule has 0 bridgehead atoms. The molecule has 0 spiro atoms. The number of thioether (sulfide) groups is 1. The van der Waals surface area contributed by atoms with Crippen molar-refractivity contribution in [2.24, 2.45) is 11.4 Å². The predicted octanol–water partition coefficient (Wildman–Crippen LogP) is 4.02. The lowest BCUT2D eigenvalue weighted by atomic mass is 10.1. The SMILES string of the molecule is CSc1ccc(C(=O)c2cnn(C)c2O)c(Cl)c1N=S1(=O)CCCCC1. The van der Waals surface area contributed by atoms with E-state index in [1.54, 1.807) is 19.2 Å². The van der Waals surface area contributed by atoms with Crippen LogP contribution in [0.3, 0.4) is 0 Å². The van der Waals surface area contributed by atoms with Gasteiger partial charge in [0.25, 0.3) is 0 Å². The zero-order chi connectivity index (χ0) is 18.9. The molecule has 9 heteroatoms. The maximum Gasteiger partial charge on any atom is 0.220 e. The van der Waals surface area contributed by atoms with E-state index in [0.29, 0.717) is 17.2 Å². The summed E-state index contributed by atoms with van der Waals surface area (Å²) in [4.78, 5) is 13.6. The average Bonchev–Trinajstić information content (AvgIpc) is 2.96. The summed E-state index contributed by atoms with van der Waals surface area (Å²) in [6.07, 6.45) is 6.02. The first-order chi connectivity index (χ1) is 12.4. The van der Waals surface area contributed by atoms with E-state index in [1.165, 1.54) is 22.6 Å². The highest BCUT2D eigenvalue weighted by molar-refractivity contribution is 7.98. The lowest BCUT2D eigenvalue weighted by Crippen LogP contribution is -2.16. The zero-order valence-corrected chi connectivity index (χ0v) is 17.0. The highest BCUT2D eigenvalue weighted by Crippen LogP contribution is 2.40. The molecule has 3 rings (SSSR count). The van der Waals surface area contributed by atoms with Crippen LogP contribution in [0.25, 0.3) is 0 Å². The smallest absolute Gasteiger partial charge is 0.220 e. The fourth-order valence-corrected chi connectivity index (χ4v) is 6.12. The quantitative estimate of drug-likeness (QED) is 0.604. The van der Waals surface area contributed by atoms with Gasteiger partial charge in [-0.25, -0.2) is 8.89 Å². The predicted molar refractivity (Wildman–Crippen MR) is 105 cm³/mol. The van der Waals surface area contributed by atoms with Gasteiger partial charge in [-0.1, -0.05) is 18.0 Å². The van der Waals surface area contributed by atoms with Crippen LogP contribution < -0.4 is 0 Å². The van der Waals surface area contributed by atoms with Gasteiger partial charge in [-0.2, -0.15) is 9.46 Å². The van der Waals surface area contributed by atoms with E-state index < -0.39 is 15.5 Å². The molecule has 6 nitrogen and oxygen atoms in total. The van der Waals surface area contributed by atoms with E-state index >= 15 is 0 Å².